The number of benzene rings is 1. The van der Waals surface area contributed by atoms with Gasteiger partial charge in [-0.15, -0.1) is 0 Å². The lowest BCUT2D eigenvalue weighted by atomic mass is 10.1. The SMILES string of the molecule is O=C(NC1CC1)c1nc(C(=O)NCc2ccccc2Cl)n2c1CCCC2. The topological polar surface area (TPSA) is 76.0 Å². The first-order valence-corrected chi connectivity index (χ1v) is 9.43. The summed E-state index contributed by atoms with van der Waals surface area (Å²) in [5.74, 6) is -0.130. The molecule has 7 heteroatoms. The molecule has 0 bridgehead atoms. The average molecular weight is 373 g/mol. The van der Waals surface area contributed by atoms with Gasteiger partial charge in [-0.1, -0.05) is 29.8 Å². The molecule has 1 fully saturated rings. The first kappa shape index (κ1) is 17.1. The third-order valence-electron chi connectivity index (χ3n) is 4.85. The molecule has 2 heterocycles. The maximum absolute atomic E-state index is 12.7. The summed E-state index contributed by atoms with van der Waals surface area (Å²) >= 11 is 6.14. The number of imidazole rings is 1. The zero-order valence-corrected chi connectivity index (χ0v) is 15.2. The van der Waals surface area contributed by atoms with Crippen molar-refractivity contribution >= 4 is 23.4 Å². The normalized spacial score (nSPS) is 16.0. The predicted octanol–water partition coefficient (Wildman–Crippen LogP) is 2.70. The molecule has 0 atom stereocenters. The van der Waals surface area contributed by atoms with E-state index in [1.165, 1.54) is 0 Å². The number of hydrogen-bond acceptors (Lipinski definition) is 3. The van der Waals surface area contributed by atoms with Gasteiger partial charge in [-0.05, 0) is 43.7 Å². The molecule has 2 N–H and O–H groups in total. The molecule has 0 saturated heterocycles. The van der Waals surface area contributed by atoms with Crippen LogP contribution in [0.5, 0.6) is 0 Å². The van der Waals surface area contributed by atoms with Gasteiger partial charge >= 0.3 is 0 Å². The quantitative estimate of drug-likeness (QED) is 0.847. The van der Waals surface area contributed by atoms with Crippen molar-refractivity contribution < 1.29 is 9.59 Å². The lowest BCUT2D eigenvalue weighted by molar-refractivity contribution is 0.0935. The number of amides is 2. The van der Waals surface area contributed by atoms with Crippen LogP contribution in [-0.4, -0.2) is 27.4 Å². The van der Waals surface area contributed by atoms with Crippen molar-refractivity contribution in [3.8, 4) is 0 Å². The molecule has 1 saturated carbocycles. The Labute approximate surface area is 156 Å². The van der Waals surface area contributed by atoms with Crippen LogP contribution in [0.25, 0.3) is 0 Å². The van der Waals surface area contributed by atoms with Crippen molar-refractivity contribution in [3.63, 3.8) is 0 Å². The summed E-state index contributed by atoms with van der Waals surface area (Å²) in [6.07, 6.45) is 4.81. The van der Waals surface area contributed by atoms with E-state index in [4.69, 9.17) is 11.6 Å². The molecular weight excluding hydrogens is 352 g/mol. The highest BCUT2D eigenvalue weighted by Gasteiger charge is 2.30. The minimum absolute atomic E-state index is 0.164. The Morgan fingerprint density at radius 2 is 2.00 bits per heavy atom. The second kappa shape index (κ2) is 7.11. The van der Waals surface area contributed by atoms with E-state index in [0.717, 1.165) is 43.4 Å². The number of fused-ring (bicyclic) bond motifs is 1. The molecule has 26 heavy (non-hydrogen) atoms. The highest BCUT2D eigenvalue weighted by molar-refractivity contribution is 6.31. The Bertz CT molecular complexity index is 857. The van der Waals surface area contributed by atoms with E-state index in [1.54, 1.807) is 6.07 Å². The molecule has 1 aliphatic heterocycles. The van der Waals surface area contributed by atoms with Crippen molar-refractivity contribution in [1.82, 2.24) is 20.2 Å². The van der Waals surface area contributed by atoms with E-state index in [2.05, 4.69) is 15.6 Å². The Morgan fingerprint density at radius 1 is 1.19 bits per heavy atom. The average Bonchev–Trinajstić information content (AvgIpc) is 3.37. The Morgan fingerprint density at radius 3 is 2.77 bits per heavy atom. The number of hydrogen-bond donors (Lipinski definition) is 2. The van der Waals surface area contributed by atoms with E-state index >= 15 is 0 Å². The zero-order chi connectivity index (χ0) is 18.1. The molecule has 6 nitrogen and oxygen atoms in total. The molecule has 1 aromatic carbocycles. The molecule has 1 aromatic heterocycles. The second-order valence-electron chi connectivity index (χ2n) is 6.86. The van der Waals surface area contributed by atoms with Crippen LogP contribution in [0.2, 0.25) is 5.02 Å². The van der Waals surface area contributed by atoms with E-state index in [1.807, 2.05) is 22.8 Å². The Balaban J connectivity index is 1.55. The summed E-state index contributed by atoms with van der Waals surface area (Å²) < 4.78 is 1.90. The molecule has 0 spiro atoms. The second-order valence-corrected chi connectivity index (χ2v) is 7.27. The molecular formula is C19H21ClN4O2. The Hall–Kier alpha value is -2.34. The van der Waals surface area contributed by atoms with Crippen molar-refractivity contribution in [2.45, 2.75) is 51.2 Å². The molecule has 0 radical (unpaired) electrons. The van der Waals surface area contributed by atoms with Gasteiger partial charge < -0.3 is 15.2 Å². The number of carbonyl (C=O) groups excluding carboxylic acids is 2. The van der Waals surface area contributed by atoms with Crippen LogP contribution >= 0.6 is 11.6 Å². The van der Waals surface area contributed by atoms with Gasteiger partial charge in [-0.3, -0.25) is 9.59 Å². The van der Waals surface area contributed by atoms with Crippen molar-refractivity contribution in [1.29, 1.82) is 0 Å². The van der Waals surface area contributed by atoms with Crippen LogP contribution in [0, 0.1) is 0 Å². The third-order valence-corrected chi connectivity index (χ3v) is 5.21. The first-order valence-electron chi connectivity index (χ1n) is 9.05. The van der Waals surface area contributed by atoms with Gasteiger partial charge in [0.05, 0.1) is 5.69 Å². The number of aromatic nitrogens is 2. The molecule has 4 rings (SSSR count). The highest BCUT2D eigenvalue weighted by Crippen LogP contribution is 2.24. The summed E-state index contributed by atoms with van der Waals surface area (Å²) in [5.41, 5.74) is 2.12. The summed E-state index contributed by atoms with van der Waals surface area (Å²) in [6.45, 7) is 1.04. The third kappa shape index (κ3) is 3.46. The molecule has 136 valence electrons. The van der Waals surface area contributed by atoms with Crippen LogP contribution in [0.3, 0.4) is 0 Å². The zero-order valence-electron chi connectivity index (χ0n) is 14.4. The number of rotatable bonds is 5. The molecule has 2 amide bonds. The number of halogens is 1. The van der Waals surface area contributed by atoms with Crippen molar-refractivity contribution in [2.24, 2.45) is 0 Å². The van der Waals surface area contributed by atoms with Crippen LogP contribution in [-0.2, 0) is 19.5 Å². The summed E-state index contributed by atoms with van der Waals surface area (Å²) in [4.78, 5) is 29.6. The van der Waals surface area contributed by atoms with Crippen LogP contribution in [0.15, 0.2) is 24.3 Å². The Kier molecular flexibility index (Phi) is 4.68. The lowest BCUT2D eigenvalue weighted by Crippen LogP contribution is -2.27. The minimum atomic E-state index is -0.279. The number of nitrogens with one attached hydrogen (secondary N) is 2. The fourth-order valence-corrected chi connectivity index (χ4v) is 3.48. The maximum Gasteiger partial charge on any atom is 0.287 e. The lowest BCUT2D eigenvalue weighted by Gasteiger charge is -2.17. The predicted molar refractivity (Wildman–Crippen MR) is 98.3 cm³/mol. The maximum atomic E-state index is 12.7. The van der Waals surface area contributed by atoms with Gasteiger partial charge in [0.15, 0.2) is 5.82 Å². The van der Waals surface area contributed by atoms with Gasteiger partial charge in [-0.25, -0.2) is 4.98 Å². The van der Waals surface area contributed by atoms with Gasteiger partial charge in [0, 0.05) is 24.2 Å². The first-order chi connectivity index (χ1) is 12.6. The fraction of sp³-hybridized carbons (Fsp3) is 0.421. The fourth-order valence-electron chi connectivity index (χ4n) is 3.28. The number of nitrogens with zero attached hydrogens (tertiary/aromatic N) is 2. The molecule has 1 aliphatic carbocycles. The largest absolute Gasteiger partial charge is 0.348 e. The van der Waals surface area contributed by atoms with Crippen LogP contribution < -0.4 is 10.6 Å². The summed E-state index contributed by atoms with van der Waals surface area (Å²) in [5, 5.41) is 6.46. The monoisotopic (exact) mass is 372 g/mol. The highest BCUT2D eigenvalue weighted by atomic mass is 35.5. The standard InChI is InChI=1S/C19H21ClN4O2/c20-14-6-2-1-5-12(14)11-21-19(26)17-23-16(18(25)22-13-8-9-13)15-7-3-4-10-24(15)17/h1-2,5-6,13H,3-4,7-11H2,(H,21,26)(H,22,25). The van der Waals surface area contributed by atoms with E-state index < -0.39 is 0 Å². The van der Waals surface area contributed by atoms with E-state index in [0.29, 0.717) is 29.6 Å². The van der Waals surface area contributed by atoms with Crippen LogP contribution in [0.4, 0.5) is 0 Å². The summed E-state index contributed by atoms with van der Waals surface area (Å²) in [6, 6.07) is 7.66. The van der Waals surface area contributed by atoms with E-state index in [-0.39, 0.29) is 17.9 Å². The van der Waals surface area contributed by atoms with Gasteiger partial charge in [0.1, 0.15) is 5.69 Å². The van der Waals surface area contributed by atoms with Gasteiger partial charge in [0.25, 0.3) is 11.8 Å². The van der Waals surface area contributed by atoms with Crippen LogP contribution in [0.1, 0.15) is 58.0 Å². The minimum Gasteiger partial charge on any atom is -0.348 e. The van der Waals surface area contributed by atoms with Crippen molar-refractivity contribution in [2.75, 3.05) is 0 Å². The van der Waals surface area contributed by atoms with Gasteiger partial charge in [0.2, 0.25) is 0 Å². The summed E-state index contributed by atoms with van der Waals surface area (Å²) in [7, 11) is 0. The van der Waals surface area contributed by atoms with E-state index in [9.17, 15) is 9.59 Å². The van der Waals surface area contributed by atoms with Gasteiger partial charge in [-0.2, -0.15) is 0 Å². The van der Waals surface area contributed by atoms with Crippen molar-refractivity contribution in [3.05, 3.63) is 52.1 Å². The molecule has 2 aromatic rings. The molecule has 2 aliphatic rings. The smallest absolute Gasteiger partial charge is 0.287 e. The number of carbonyl (C=O) groups is 2. The molecule has 0 unspecified atom stereocenters.